The number of nitrogens with one attached hydrogen (secondary N) is 1. The van der Waals surface area contributed by atoms with Gasteiger partial charge in [0.1, 0.15) is 0 Å². The number of benzene rings is 7. The summed E-state index contributed by atoms with van der Waals surface area (Å²) in [6, 6.07) is 53.1. The minimum absolute atomic E-state index is 0.000202. The fourth-order valence-corrected chi connectivity index (χ4v) is 6.67. The Balaban J connectivity index is 1.03. The summed E-state index contributed by atoms with van der Waals surface area (Å²) in [6.07, 6.45) is 0. The van der Waals surface area contributed by atoms with E-state index in [0.717, 1.165) is 11.4 Å². The van der Waals surface area contributed by atoms with Gasteiger partial charge in [0.05, 0.1) is 0 Å². The lowest BCUT2D eigenvalue weighted by atomic mass is 9.82. The van der Waals surface area contributed by atoms with Crippen molar-refractivity contribution >= 4 is 32.9 Å². The summed E-state index contributed by atoms with van der Waals surface area (Å²) in [5.74, 6) is 0. The van der Waals surface area contributed by atoms with Crippen LogP contribution in [0.3, 0.4) is 0 Å². The molecule has 7 aromatic carbocycles. The molecule has 1 aliphatic rings. The van der Waals surface area contributed by atoms with Crippen molar-refractivity contribution in [3.05, 3.63) is 157 Å². The highest BCUT2D eigenvalue weighted by molar-refractivity contribution is 5.93. The highest BCUT2D eigenvalue weighted by atomic mass is 14.9. The number of hydrogen-bond donors (Lipinski definition) is 1. The molecular formula is C41H31N. The third-order valence-corrected chi connectivity index (χ3v) is 9.01. The number of anilines is 2. The van der Waals surface area contributed by atoms with Gasteiger partial charge in [-0.2, -0.15) is 0 Å². The Kier molecular flexibility index (Phi) is 5.55. The third kappa shape index (κ3) is 4.09. The zero-order chi connectivity index (χ0) is 28.3. The van der Waals surface area contributed by atoms with Gasteiger partial charge in [0.25, 0.3) is 0 Å². The van der Waals surface area contributed by atoms with Crippen molar-refractivity contribution in [3.63, 3.8) is 0 Å². The van der Waals surface area contributed by atoms with E-state index in [2.05, 4.69) is 165 Å². The first-order valence-corrected chi connectivity index (χ1v) is 14.7. The second-order valence-corrected chi connectivity index (χ2v) is 12.0. The number of rotatable bonds is 4. The van der Waals surface area contributed by atoms with E-state index in [-0.39, 0.29) is 5.41 Å². The molecule has 0 aromatic heterocycles. The summed E-state index contributed by atoms with van der Waals surface area (Å²) in [7, 11) is 0. The Morgan fingerprint density at radius 2 is 0.881 bits per heavy atom. The van der Waals surface area contributed by atoms with Crippen molar-refractivity contribution in [2.45, 2.75) is 19.3 Å². The van der Waals surface area contributed by atoms with E-state index in [1.165, 1.54) is 66.1 Å². The summed E-state index contributed by atoms with van der Waals surface area (Å²) in [5.41, 5.74) is 12.6. The predicted molar refractivity (Wildman–Crippen MR) is 180 cm³/mol. The standard InChI is InChI=1S/C41H31N/c1-41(2)39-10-6-5-9-37(39)38-22-21-36(26-40(38)41)42-35-19-17-28(18-20-35)30-13-14-33-25-34(16-15-32(33)24-30)31-12-11-27-7-3-4-8-29(27)23-31/h3-26,42H,1-2H3. The van der Waals surface area contributed by atoms with Crippen molar-refractivity contribution < 1.29 is 0 Å². The smallest absolute Gasteiger partial charge is 0.0387 e. The molecule has 1 aliphatic carbocycles. The van der Waals surface area contributed by atoms with Gasteiger partial charge >= 0.3 is 0 Å². The van der Waals surface area contributed by atoms with Crippen molar-refractivity contribution in [1.82, 2.24) is 0 Å². The second kappa shape index (κ2) is 9.46. The average molecular weight is 538 g/mol. The molecule has 0 radical (unpaired) electrons. The predicted octanol–water partition coefficient (Wildman–Crippen LogP) is 11.4. The van der Waals surface area contributed by atoms with Crippen molar-refractivity contribution in [1.29, 1.82) is 0 Å². The molecule has 1 heteroatoms. The minimum atomic E-state index is -0.000202. The van der Waals surface area contributed by atoms with Crippen molar-refractivity contribution in [3.8, 4) is 33.4 Å². The fraction of sp³-hybridized carbons (Fsp3) is 0.0732. The first-order chi connectivity index (χ1) is 20.5. The van der Waals surface area contributed by atoms with Crippen LogP contribution in [0.2, 0.25) is 0 Å². The molecule has 0 unspecified atom stereocenters. The Morgan fingerprint density at radius 3 is 1.60 bits per heavy atom. The first kappa shape index (κ1) is 24.6. The minimum Gasteiger partial charge on any atom is -0.356 e. The van der Waals surface area contributed by atoms with Crippen LogP contribution in [0.1, 0.15) is 25.0 Å². The lowest BCUT2D eigenvalue weighted by Gasteiger charge is -2.22. The van der Waals surface area contributed by atoms with Gasteiger partial charge < -0.3 is 5.32 Å². The van der Waals surface area contributed by atoms with E-state index < -0.39 is 0 Å². The Morgan fingerprint density at radius 1 is 0.381 bits per heavy atom. The van der Waals surface area contributed by atoms with E-state index >= 15 is 0 Å². The Labute approximate surface area is 247 Å². The van der Waals surface area contributed by atoms with Gasteiger partial charge in [-0.15, -0.1) is 0 Å². The Bertz CT molecular complexity index is 2130. The van der Waals surface area contributed by atoms with Crippen LogP contribution in [0.5, 0.6) is 0 Å². The topological polar surface area (TPSA) is 12.0 Å². The molecule has 0 atom stereocenters. The van der Waals surface area contributed by atoms with E-state index in [0.29, 0.717) is 0 Å². The molecule has 1 N–H and O–H groups in total. The van der Waals surface area contributed by atoms with Gasteiger partial charge in [-0.1, -0.05) is 117 Å². The molecule has 0 amide bonds. The average Bonchev–Trinajstić information content (AvgIpc) is 3.26. The SMILES string of the molecule is CC1(C)c2ccccc2-c2ccc(Nc3ccc(-c4ccc5cc(-c6ccc7ccccc7c6)ccc5c4)cc3)cc21. The maximum atomic E-state index is 3.64. The molecule has 200 valence electrons. The van der Waals surface area contributed by atoms with Crippen LogP contribution in [0.25, 0.3) is 54.9 Å². The molecule has 0 heterocycles. The number of hydrogen-bond acceptors (Lipinski definition) is 1. The molecule has 0 aliphatic heterocycles. The van der Waals surface area contributed by atoms with Crippen LogP contribution in [-0.4, -0.2) is 0 Å². The largest absolute Gasteiger partial charge is 0.356 e. The zero-order valence-corrected chi connectivity index (χ0v) is 23.9. The van der Waals surface area contributed by atoms with E-state index in [1.807, 2.05) is 0 Å². The maximum absolute atomic E-state index is 3.64. The van der Waals surface area contributed by atoms with Gasteiger partial charge in [0.15, 0.2) is 0 Å². The number of fused-ring (bicyclic) bond motifs is 5. The van der Waals surface area contributed by atoms with Gasteiger partial charge in [-0.3, -0.25) is 0 Å². The second-order valence-electron chi connectivity index (χ2n) is 12.0. The van der Waals surface area contributed by atoms with Crippen LogP contribution >= 0.6 is 0 Å². The van der Waals surface area contributed by atoms with Crippen LogP contribution in [0, 0.1) is 0 Å². The van der Waals surface area contributed by atoms with Gasteiger partial charge in [0.2, 0.25) is 0 Å². The quantitative estimate of drug-likeness (QED) is 0.235. The summed E-state index contributed by atoms with van der Waals surface area (Å²) in [4.78, 5) is 0. The van der Waals surface area contributed by atoms with Crippen LogP contribution < -0.4 is 5.32 Å². The van der Waals surface area contributed by atoms with Crippen LogP contribution in [0.15, 0.2) is 146 Å². The molecule has 7 aromatic rings. The monoisotopic (exact) mass is 537 g/mol. The normalized spacial score (nSPS) is 13.2. The summed E-state index contributed by atoms with van der Waals surface area (Å²) in [6.45, 7) is 4.65. The van der Waals surface area contributed by atoms with E-state index in [1.54, 1.807) is 0 Å². The molecule has 0 fully saturated rings. The third-order valence-electron chi connectivity index (χ3n) is 9.01. The Hall–Kier alpha value is -5.14. The van der Waals surface area contributed by atoms with E-state index in [9.17, 15) is 0 Å². The van der Waals surface area contributed by atoms with Gasteiger partial charge in [0, 0.05) is 16.8 Å². The molecule has 42 heavy (non-hydrogen) atoms. The highest BCUT2D eigenvalue weighted by Crippen LogP contribution is 2.49. The van der Waals surface area contributed by atoms with Crippen LogP contribution in [-0.2, 0) is 5.41 Å². The van der Waals surface area contributed by atoms with Crippen molar-refractivity contribution in [2.75, 3.05) is 5.32 Å². The molecule has 0 spiro atoms. The summed E-state index contributed by atoms with van der Waals surface area (Å²) >= 11 is 0. The zero-order valence-electron chi connectivity index (χ0n) is 23.9. The first-order valence-electron chi connectivity index (χ1n) is 14.7. The maximum Gasteiger partial charge on any atom is 0.0387 e. The lowest BCUT2D eigenvalue weighted by Crippen LogP contribution is -2.15. The molecule has 1 nitrogen and oxygen atoms in total. The molecule has 8 rings (SSSR count). The molecule has 0 saturated heterocycles. The summed E-state index contributed by atoms with van der Waals surface area (Å²) < 4.78 is 0. The van der Waals surface area contributed by atoms with Crippen LogP contribution in [0.4, 0.5) is 11.4 Å². The van der Waals surface area contributed by atoms with Gasteiger partial charge in [-0.25, -0.2) is 0 Å². The highest BCUT2D eigenvalue weighted by Gasteiger charge is 2.35. The molecular weight excluding hydrogens is 506 g/mol. The molecule has 0 bridgehead atoms. The summed E-state index contributed by atoms with van der Waals surface area (Å²) in [5, 5.41) is 8.69. The lowest BCUT2D eigenvalue weighted by molar-refractivity contribution is 0.660. The van der Waals surface area contributed by atoms with Gasteiger partial charge in [-0.05, 0) is 109 Å². The fourth-order valence-electron chi connectivity index (χ4n) is 6.67. The van der Waals surface area contributed by atoms with Crippen molar-refractivity contribution in [2.24, 2.45) is 0 Å². The molecule has 0 saturated carbocycles. The van der Waals surface area contributed by atoms with E-state index in [4.69, 9.17) is 0 Å².